The Morgan fingerprint density at radius 2 is 1.93 bits per heavy atom. The average molecular weight is 433 g/mol. The minimum Gasteiger partial charge on any atom is -0.354 e. The molecule has 3 aliphatic rings. The number of Topliss-reactive ketones (excluding diaryl/α,β-unsaturated/α-hetero) is 1. The molecule has 2 bridgehead atoms. The Morgan fingerprint density at radius 3 is 2.57 bits per heavy atom. The molecule has 0 radical (unpaired) electrons. The number of carbonyl (C=O) groups is 1. The Bertz CT molecular complexity index is 1120. The lowest BCUT2D eigenvalue weighted by molar-refractivity contribution is -0.128. The predicted molar refractivity (Wildman–Crippen MR) is 112 cm³/mol. The Labute approximate surface area is 176 Å². The third kappa shape index (κ3) is 2.72. The summed E-state index contributed by atoms with van der Waals surface area (Å²) in [6, 6.07) is 1.95. The second-order valence-electron chi connectivity index (χ2n) is 9.54. The quantitative estimate of drug-likeness (QED) is 0.717. The Kier molecular flexibility index (Phi) is 4.28. The van der Waals surface area contributed by atoms with E-state index in [4.69, 9.17) is 0 Å². The zero-order chi connectivity index (χ0) is 21.3. The van der Waals surface area contributed by atoms with Crippen molar-refractivity contribution in [2.75, 3.05) is 36.8 Å². The lowest BCUT2D eigenvalue weighted by Gasteiger charge is -2.40. The van der Waals surface area contributed by atoms with Crippen LogP contribution in [0.1, 0.15) is 38.8 Å². The van der Waals surface area contributed by atoms with Gasteiger partial charge >= 0.3 is 0 Å². The van der Waals surface area contributed by atoms with E-state index < -0.39 is 15.4 Å². The fourth-order valence-corrected chi connectivity index (χ4v) is 8.05. The van der Waals surface area contributed by atoms with E-state index in [0.717, 1.165) is 17.9 Å². The standard InChI is InChI=1S/C20H28N6O3S/c1-14-10-17(26-18(23-14)21-13-22-26)24-6-8-25(9-7-24)30(28,29)12-20-5-4-15(11-16(20)27)19(20,2)3/h10,13,15H,4-9,11-12H2,1-3H3. The molecule has 5 rings (SSSR count). The molecule has 30 heavy (non-hydrogen) atoms. The molecule has 0 N–H and O–H groups in total. The van der Waals surface area contributed by atoms with Crippen molar-refractivity contribution in [3.05, 3.63) is 18.1 Å². The van der Waals surface area contributed by atoms with Gasteiger partial charge in [-0.1, -0.05) is 13.8 Å². The molecule has 1 aliphatic heterocycles. The maximum atomic E-state index is 13.3. The highest BCUT2D eigenvalue weighted by Crippen LogP contribution is 2.64. The van der Waals surface area contributed by atoms with Crippen molar-refractivity contribution in [3.63, 3.8) is 0 Å². The van der Waals surface area contributed by atoms with E-state index in [-0.39, 0.29) is 17.0 Å². The topological polar surface area (TPSA) is 101 Å². The maximum absolute atomic E-state index is 13.3. The van der Waals surface area contributed by atoms with Crippen LogP contribution >= 0.6 is 0 Å². The van der Waals surface area contributed by atoms with Crippen LogP contribution in [0.15, 0.2) is 12.4 Å². The summed E-state index contributed by atoms with van der Waals surface area (Å²) in [6.07, 6.45) is 3.66. The minimum absolute atomic E-state index is 0.0516. The molecule has 2 atom stereocenters. The molecule has 2 aliphatic carbocycles. The first-order chi connectivity index (χ1) is 14.1. The van der Waals surface area contributed by atoms with Gasteiger partial charge in [0.15, 0.2) is 0 Å². The molecule has 3 heterocycles. The fourth-order valence-electron chi connectivity index (χ4n) is 5.84. The van der Waals surface area contributed by atoms with Crippen LogP contribution in [0, 0.1) is 23.7 Å². The molecule has 2 saturated carbocycles. The zero-order valence-electron chi connectivity index (χ0n) is 17.7. The normalized spacial score (nSPS) is 29.2. The molecule has 2 aromatic heterocycles. The van der Waals surface area contributed by atoms with Crippen LogP contribution in [0.2, 0.25) is 0 Å². The monoisotopic (exact) mass is 432 g/mol. The lowest BCUT2D eigenvalue weighted by Crippen LogP contribution is -2.53. The third-order valence-corrected chi connectivity index (χ3v) is 9.89. The van der Waals surface area contributed by atoms with Gasteiger partial charge in [0.1, 0.15) is 17.9 Å². The molecular weight excluding hydrogens is 404 g/mol. The molecule has 1 saturated heterocycles. The van der Waals surface area contributed by atoms with Crippen LogP contribution in [-0.2, 0) is 14.8 Å². The first-order valence-corrected chi connectivity index (χ1v) is 12.2. The number of hydrogen-bond acceptors (Lipinski definition) is 7. The van der Waals surface area contributed by atoms with Crippen LogP contribution < -0.4 is 4.90 Å². The zero-order valence-corrected chi connectivity index (χ0v) is 18.5. The van der Waals surface area contributed by atoms with Gasteiger partial charge in [-0.3, -0.25) is 4.79 Å². The van der Waals surface area contributed by atoms with Crippen LogP contribution in [0.4, 0.5) is 5.82 Å². The van der Waals surface area contributed by atoms with Gasteiger partial charge in [0.2, 0.25) is 10.0 Å². The van der Waals surface area contributed by atoms with E-state index in [1.165, 1.54) is 6.33 Å². The minimum atomic E-state index is -3.52. The highest BCUT2D eigenvalue weighted by Gasteiger charge is 2.65. The van der Waals surface area contributed by atoms with Crippen molar-refractivity contribution in [1.29, 1.82) is 0 Å². The van der Waals surface area contributed by atoms with Gasteiger partial charge in [0.25, 0.3) is 5.78 Å². The van der Waals surface area contributed by atoms with Crippen molar-refractivity contribution in [2.45, 2.75) is 40.0 Å². The number of aryl methyl sites for hydroxylation is 1. The summed E-state index contributed by atoms with van der Waals surface area (Å²) in [5.41, 5.74) is -0.118. The number of rotatable bonds is 4. The van der Waals surface area contributed by atoms with Crippen molar-refractivity contribution in [1.82, 2.24) is 23.9 Å². The maximum Gasteiger partial charge on any atom is 0.254 e. The summed E-state index contributed by atoms with van der Waals surface area (Å²) in [4.78, 5) is 23.4. The fraction of sp³-hybridized carbons (Fsp3) is 0.700. The Balaban J connectivity index is 1.34. The van der Waals surface area contributed by atoms with E-state index >= 15 is 0 Å². The van der Waals surface area contributed by atoms with Crippen molar-refractivity contribution < 1.29 is 13.2 Å². The molecule has 2 unspecified atom stereocenters. The van der Waals surface area contributed by atoms with E-state index in [0.29, 0.717) is 50.7 Å². The Morgan fingerprint density at radius 1 is 1.20 bits per heavy atom. The van der Waals surface area contributed by atoms with Gasteiger partial charge < -0.3 is 4.90 Å². The molecule has 0 amide bonds. The van der Waals surface area contributed by atoms with Crippen molar-refractivity contribution in [3.8, 4) is 0 Å². The van der Waals surface area contributed by atoms with Crippen LogP contribution in [-0.4, -0.2) is 70.0 Å². The van der Waals surface area contributed by atoms with Gasteiger partial charge in [-0.25, -0.2) is 13.4 Å². The lowest BCUT2D eigenvalue weighted by atomic mass is 9.70. The number of piperazine rings is 1. The van der Waals surface area contributed by atoms with Gasteiger partial charge in [0, 0.05) is 49.8 Å². The Hall–Kier alpha value is -2.07. The second kappa shape index (κ2) is 6.46. The van der Waals surface area contributed by atoms with E-state index in [2.05, 4.69) is 33.8 Å². The van der Waals surface area contributed by atoms with E-state index in [9.17, 15) is 13.2 Å². The summed E-state index contributed by atoms with van der Waals surface area (Å²) >= 11 is 0. The van der Waals surface area contributed by atoms with Crippen molar-refractivity contribution >= 4 is 27.4 Å². The summed E-state index contributed by atoms with van der Waals surface area (Å²) in [5.74, 6) is 1.82. The number of aromatic nitrogens is 4. The third-order valence-electron chi connectivity index (χ3n) is 7.89. The number of carbonyl (C=O) groups excluding carboxylic acids is 1. The number of hydrogen-bond donors (Lipinski definition) is 0. The smallest absolute Gasteiger partial charge is 0.254 e. The summed E-state index contributed by atoms with van der Waals surface area (Å²) in [6.45, 7) is 7.99. The van der Waals surface area contributed by atoms with Gasteiger partial charge in [0.05, 0.1) is 5.75 Å². The average Bonchev–Trinajstić information content (AvgIpc) is 3.30. The molecule has 0 aromatic carbocycles. The first kappa shape index (κ1) is 19.9. The molecule has 162 valence electrons. The SMILES string of the molecule is Cc1cc(N2CCN(S(=O)(=O)CC34CCC(CC3=O)C4(C)C)CC2)n2ncnc2n1. The van der Waals surface area contributed by atoms with Crippen LogP contribution in [0.25, 0.3) is 5.78 Å². The number of anilines is 1. The van der Waals surface area contributed by atoms with Crippen LogP contribution in [0.5, 0.6) is 0 Å². The van der Waals surface area contributed by atoms with Gasteiger partial charge in [-0.15, -0.1) is 0 Å². The van der Waals surface area contributed by atoms with Gasteiger partial charge in [-0.05, 0) is 31.1 Å². The molecule has 2 aromatic rings. The summed E-state index contributed by atoms with van der Waals surface area (Å²) in [5, 5.41) is 4.25. The largest absolute Gasteiger partial charge is 0.354 e. The van der Waals surface area contributed by atoms with Crippen molar-refractivity contribution in [2.24, 2.45) is 16.7 Å². The molecule has 10 heteroatoms. The molecule has 0 spiro atoms. The van der Waals surface area contributed by atoms with E-state index in [1.54, 1.807) is 8.82 Å². The second-order valence-corrected chi connectivity index (χ2v) is 11.5. The molecule has 3 fully saturated rings. The molecule has 9 nitrogen and oxygen atoms in total. The molecular formula is C20H28N6O3S. The summed E-state index contributed by atoms with van der Waals surface area (Å²) in [7, 11) is -3.52. The first-order valence-electron chi connectivity index (χ1n) is 10.6. The van der Waals surface area contributed by atoms with Crippen LogP contribution in [0.3, 0.4) is 0 Å². The highest BCUT2D eigenvalue weighted by molar-refractivity contribution is 7.89. The highest BCUT2D eigenvalue weighted by atomic mass is 32.2. The summed E-state index contributed by atoms with van der Waals surface area (Å²) < 4.78 is 29.9. The number of sulfonamides is 1. The predicted octanol–water partition coefficient (Wildman–Crippen LogP) is 1.28. The number of nitrogens with zero attached hydrogens (tertiary/aromatic N) is 6. The number of fused-ring (bicyclic) bond motifs is 3. The number of ketones is 1. The van der Waals surface area contributed by atoms with Gasteiger partial charge in [-0.2, -0.15) is 18.9 Å². The van der Waals surface area contributed by atoms with E-state index in [1.807, 2.05) is 13.0 Å².